The lowest BCUT2D eigenvalue weighted by Crippen LogP contribution is -2.32. The van der Waals surface area contributed by atoms with Crippen LogP contribution in [0.5, 0.6) is 5.75 Å². The molecule has 0 aliphatic carbocycles. The first-order valence-electron chi connectivity index (χ1n) is 5.65. The summed E-state index contributed by atoms with van der Waals surface area (Å²) in [5.74, 6) is 0.303. The zero-order chi connectivity index (χ0) is 14.3. The van der Waals surface area contributed by atoms with Crippen LogP contribution in [0.4, 0.5) is 0 Å². The monoisotopic (exact) mass is 329 g/mol. The van der Waals surface area contributed by atoms with E-state index >= 15 is 0 Å². The molecule has 0 saturated heterocycles. The lowest BCUT2D eigenvalue weighted by molar-refractivity contribution is -0.117. The molecule has 0 aromatic heterocycles. The highest BCUT2D eigenvalue weighted by Gasteiger charge is 2.04. The van der Waals surface area contributed by atoms with Gasteiger partial charge in [0.15, 0.2) is 0 Å². The number of hydrogen-bond acceptors (Lipinski definition) is 4. The fraction of sp³-hybridized carbons (Fsp3) is 0.308. The maximum atomic E-state index is 11.5. The second kappa shape index (κ2) is 7.93. The second-order valence-electron chi connectivity index (χ2n) is 3.80. The smallest absolute Gasteiger partial charge is 0.244 e. The van der Waals surface area contributed by atoms with Gasteiger partial charge in [0.1, 0.15) is 5.75 Å². The van der Waals surface area contributed by atoms with Crippen LogP contribution in [0.1, 0.15) is 5.56 Å². The van der Waals surface area contributed by atoms with Crippen LogP contribution >= 0.6 is 15.9 Å². The molecule has 1 aromatic carbocycles. The summed E-state index contributed by atoms with van der Waals surface area (Å²) in [5, 5.41) is 20.2. The van der Waals surface area contributed by atoms with Crippen LogP contribution in [0.15, 0.2) is 28.7 Å². The van der Waals surface area contributed by atoms with E-state index < -0.39 is 6.10 Å². The zero-order valence-electron chi connectivity index (χ0n) is 10.5. The van der Waals surface area contributed by atoms with Gasteiger partial charge in [-0.05, 0) is 24.3 Å². The molecule has 0 aliphatic rings. The Morgan fingerprint density at radius 3 is 2.95 bits per heavy atom. The number of carbonyl (C=O) groups is 1. The minimum absolute atomic E-state index is 0.00922. The molecule has 1 rings (SSSR count). The number of ether oxygens (including phenoxy) is 1. The number of amides is 1. The van der Waals surface area contributed by atoms with Gasteiger partial charge in [-0.3, -0.25) is 4.79 Å². The number of aliphatic hydroxyl groups is 2. The number of halogens is 1. The number of carbonyl (C=O) groups excluding carboxylic acids is 1. The van der Waals surface area contributed by atoms with Crippen LogP contribution in [0.2, 0.25) is 0 Å². The van der Waals surface area contributed by atoms with Gasteiger partial charge in [-0.15, -0.1) is 0 Å². The highest BCUT2D eigenvalue weighted by molar-refractivity contribution is 9.10. The van der Waals surface area contributed by atoms with Crippen LogP contribution in [0, 0.1) is 0 Å². The van der Waals surface area contributed by atoms with Gasteiger partial charge in [0.2, 0.25) is 5.91 Å². The van der Waals surface area contributed by atoms with Gasteiger partial charge in [-0.1, -0.05) is 15.9 Å². The predicted octanol–water partition coefficient (Wildman–Crippen LogP) is 0.940. The molecule has 5 nitrogen and oxygen atoms in total. The van der Waals surface area contributed by atoms with Gasteiger partial charge in [0, 0.05) is 22.7 Å². The van der Waals surface area contributed by atoms with E-state index in [9.17, 15) is 4.79 Å². The predicted molar refractivity (Wildman–Crippen MR) is 75.8 cm³/mol. The summed E-state index contributed by atoms with van der Waals surface area (Å²) >= 11 is 3.34. The van der Waals surface area contributed by atoms with E-state index in [0.717, 1.165) is 10.0 Å². The summed E-state index contributed by atoms with van der Waals surface area (Å²) < 4.78 is 6.05. The molecule has 3 N–H and O–H groups in total. The van der Waals surface area contributed by atoms with E-state index in [1.165, 1.54) is 6.08 Å². The summed E-state index contributed by atoms with van der Waals surface area (Å²) in [5.41, 5.74) is 0.759. The molecule has 0 saturated carbocycles. The largest absolute Gasteiger partial charge is 0.496 e. The standard InChI is InChI=1S/C13H16BrNO4/c1-19-12-4-3-10(14)6-9(12)2-5-13(18)15-7-11(17)8-16/h2-6,11,16-17H,7-8H2,1H3,(H,15,18). The Hall–Kier alpha value is -1.37. The van der Waals surface area contributed by atoms with Crippen LogP contribution in [-0.2, 0) is 4.79 Å². The van der Waals surface area contributed by atoms with Crippen molar-refractivity contribution in [2.45, 2.75) is 6.10 Å². The molecule has 0 bridgehead atoms. The molecule has 19 heavy (non-hydrogen) atoms. The minimum Gasteiger partial charge on any atom is -0.496 e. The van der Waals surface area contributed by atoms with Gasteiger partial charge >= 0.3 is 0 Å². The van der Waals surface area contributed by atoms with Crippen molar-refractivity contribution in [2.24, 2.45) is 0 Å². The molecule has 104 valence electrons. The molecule has 1 aromatic rings. The molecular weight excluding hydrogens is 314 g/mol. The van der Waals surface area contributed by atoms with Crippen LogP contribution in [0.3, 0.4) is 0 Å². The Bertz CT molecular complexity index is 462. The molecule has 1 unspecified atom stereocenters. The first kappa shape index (κ1) is 15.7. The maximum absolute atomic E-state index is 11.5. The SMILES string of the molecule is COc1ccc(Br)cc1C=CC(=O)NCC(O)CO. The Morgan fingerprint density at radius 1 is 1.58 bits per heavy atom. The summed E-state index contributed by atoms with van der Waals surface area (Å²) in [6.45, 7) is -0.376. The number of hydrogen-bond donors (Lipinski definition) is 3. The highest BCUT2D eigenvalue weighted by Crippen LogP contribution is 2.23. The van der Waals surface area contributed by atoms with Gasteiger partial charge in [-0.25, -0.2) is 0 Å². The lowest BCUT2D eigenvalue weighted by atomic mass is 10.2. The number of aliphatic hydroxyl groups excluding tert-OH is 2. The van der Waals surface area contributed by atoms with Crippen molar-refractivity contribution in [3.8, 4) is 5.75 Å². The minimum atomic E-state index is -0.947. The second-order valence-corrected chi connectivity index (χ2v) is 4.72. The Kier molecular flexibility index (Phi) is 6.55. The first-order valence-corrected chi connectivity index (χ1v) is 6.44. The molecule has 6 heteroatoms. The van der Waals surface area contributed by atoms with Gasteiger partial charge in [0.05, 0.1) is 19.8 Å². The van der Waals surface area contributed by atoms with Crippen molar-refractivity contribution < 1.29 is 19.7 Å². The molecule has 0 heterocycles. The van der Waals surface area contributed by atoms with E-state index in [4.69, 9.17) is 14.9 Å². The van der Waals surface area contributed by atoms with Gasteiger partial charge in [0.25, 0.3) is 0 Å². The molecular formula is C13H16BrNO4. The Balaban J connectivity index is 2.65. The molecule has 0 radical (unpaired) electrons. The van der Waals surface area contributed by atoms with Crippen molar-refractivity contribution in [3.05, 3.63) is 34.3 Å². The summed E-state index contributed by atoms with van der Waals surface area (Å²) in [6, 6.07) is 5.45. The van der Waals surface area contributed by atoms with E-state index in [2.05, 4.69) is 21.2 Å². The third kappa shape index (κ3) is 5.42. The van der Waals surface area contributed by atoms with E-state index in [0.29, 0.717) is 5.75 Å². The van der Waals surface area contributed by atoms with E-state index in [1.807, 2.05) is 12.1 Å². The van der Waals surface area contributed by atoms with Crippen molar-refractivity contribution in [1.29, 1.82) is 0 Å². The van der Waals surface area contributed by atoms with Crippen molar-refractivity contribution in [1.82, 2.24) is 5.32 Å². The van der Waals surface area contributed by atoms with Crippen molar-refractivity contribution >= 4 is 27.9 Å². The molecule has 0 fully saturated rings. The maximum Gasteiger partial charge on any atom is 0.244 e. The average molecular weight is 330 g/mol. The Labute approximate surface area is 120 Å². The topological polar surface area (TPSA) is 78.8 Å². The van der Waals surface area contributed by atoms with E-state index in [1.54, 1.807) is 19.3 Å². The third-order valence-corrected chi connectivity index (χ3v) is 2.82. The quantitative estimate of drug-likeness (QED) is 0.679. The summed E-state index contributed by atoms with van der Waals surface area (Å²) in [4.78, 5) is 11.5. The van der Waals surface area contributed by atoms with Crippen molar-refractivity contribution in [2.75, 3.05) is 20.3 Å². The van der Waals surface area contributed by atoms with Crippen LogP contribution in [0.25, 0.3) is 6.08 Å². The number of methoxy groups -OCH3 is 1. The molecule has 1 atom stereocenters. The van der Waals surface area contributed by atoms with Gasteiger partial charge in [-0.2, -0.15) is 0 Å². The lowest BCUT2D eigenvalue weighted by Gasteiger charge is -2.07. The highest BCUT2D eigenvalue weighted by atomic mass is 79.9. The van der Waals surface area contributed by atoms with Crippen LogP contribution < -0.4 is 10.1 Å². The fourth-order valence-electron chi connectivity index (χ4n) is 1.34. The average Bonchev–Trinajstić information content (AvgIpc) is 2.42. The number of benzene rings is 1. The zero-order valence-corrected chi connectivity index (χ0v) is 12.1. The molecule has 0 spiro atoms. The summed E-state index contributed by atoms with van der Waals surface area (Å²) in [6.07, 6.45) is 2.01. The van der Waals surface area contributed by atoms with Crippen LogP contribution in [-0.4, -0.2) is 42.5 Å². The normalized spacial score (nSPS) is 12.4. The molecule has 1 amide bonds. The number of rotatable bonds is 6. The first-order chi connectivity index (χ1) is 9.06. The van der Waals surface area contributed by atoms with Crippen molar-refractivity contribution in [3.63, 3.8) is 0 Å². The van der Waals surface area contributed by atoms with Gasteiger partial charge < -0.3 is 20.3 Å². The third-order valence-electron chi connectivity index (χ3n) is 2.33. The fourth-order valence-corrected chi connectivity index (χ4v) is 1.72. The summed E-state index contributed by atoms with van der Waals surface area (Å²) in [7, 11) is 1.55. The molecule has 0 aliphatic heterocycles. The number of nitrogens with one attached hydrogen (secondary N) is 1. The Morgan fingerprint density at radius 2 is 2.32 bits per heavy atom. The van der Waals surface area contributed by atoms with E-state index in [-0.39, 0.29) is 19.1 Å².